The van der Waals surface area contributed by atoms with Crippen molar-refractivity contribution in [2.24, 2.45) is 0 Å². The van der Waals surface area contributed by atoms with Crippen molar-refractivity contribution in [2.45, 2.75) is 25.5 Å². The molecule has 0 radical (unpaired) electrons. The van der Waals surface area contributed by atoms with Crippen molar-refractivity contribution in [3.8, 4) is 0 Å². The van der Waals surface area contributed by atoms with Crippen molar-refractivity contribution < 1.29 is 4.74 Å². The topological polar surface area (TPSA) is 25.4 Å². The molecule has 2 heterocycles. The van der Waals surface area contributed by atoms with E-state index in [0.717, 1.165) is 32.5 Å². The first kappa shape index (κ1) is 12.3. The van der Waals surface area contributed by atoms with E-state index in [0.29, 0.717) is 18.6 Å². The highest BCUT2D eigenvalue weighted by Crippen LogP contribution is 2.17. The maximum Gasteiger partial charge on any atom is 0.107 e. The van der Waals surface area contributed by atoms with Crippen LogP contribution in [0.2, 0.25) is 0 Å². The van der Waals surface area contributed by atoms with Crippen molar-refractivity contribution in [1.82, 2.24) is 9.88 Å². The van der Waals surface area contributed by atoms with Gasteiger partial charge in [0.2, 0.25) is 0 Å². The van der Waals surface area contributed by atoms with Gasteiger partial charge in [-0.05, 0) is 12.8 Å². The van der Waals surface area contributed by atoms with E-state index in [4.69, 9.17) is 16.3 Å². The molecule has 0 spiro atoms. The third kappa shape index (κ3) is 3.70. The first-order valence-electron chi connectivity index (χ1n) is 5.67. The second-order valence-corrected chi connectivity index (χ2v) is 5.32. The summed E-state index contributed by atoms with van der Waals surface area (Å²) in [6, 6.07) is 0. The standard InChI is InChI=1S/C11H17ClN2OS/c12-3-7-15-10-1-5-14(6-2-10)9-11-13-4-8-16-11/h4,8,10H,1-3,5-7,9H2. The summed E-state index contributed by atoms with van der Waals surface area (Å²) in [7, 11) is 0. The molecule has 2 rings (SSSR count). The van der Waals surface area contributed by atoms with E-state index in [2.05, 4.69) is 9.88 Å². The van der Waals surface area contributed by atoms with Crippen LogP contribution >= 0.6 is 22.9 Å². The third-order valence-electron chi connectivity index (χ3n) is 2.81. The number of hydrogen-bond donors (Lipinski definition) is 0. The van der Waals surface area contributed by atoms with Crippen LogP contribution in [0.25, 0.3) is 0 Å². The molecular weight excluding hydrogens is 244 g/mol. The third-order valence-corrected chi connectivity index (χ3v) is 3.73. The minimum absolute atomic E-state index is 0.409. The Morgan fingerprint density at radius 3 is 2.94 bits per heavy atom. The minimum Gasteiger partial charge on any atom is -0.377 e. The Hall–Kier alpha value is -0.160. The molecule has 1 aromatic rings. The van der Waals surface area contributed by atoms with E-state index in [1.165, 1.54) is 5.01 Å². The van der Waals surface area contributed by atoms with E-state index in [1.807, 2.05) is 11.6 Å². The molecule has 0 amide bonds. The van der Waals surface area contributed by atoms with Crippen LogP contribution in [0.5, 0.6) is 0 Å². The number of likely N-dealkylation sites (tertiary alicyclic amines) is 1. The Bertz CT molecular complexity index is 286. The number of ether oxygens (including phenoxy) is 1. The predicted octanol–water partition coefficient (Wildman–Crippen LogP) is 2.36. The number of hydrogen-bond acceptors (Lipinski definition) is 4. The van der Waals surface area contributed by atoms with Crippen LogP contribution in [0.1, 0.15) is 17.8 Å². The van der Waals surface area contributed by atoms with Gasteiger partial charge in [0.05, 0.1) is 19.3 Å². The zero-order valence-corrected chi connectivity index (χ0v) is 10.8. The lowest BCUT2D eigenvalue weighted by Gasteiger charge is -2.31. The van der Waals surface area contributed by atoms with E-state index in [1.54, 1.807) is 11.3 Å². The minimum atomic E-state index is 0.409. The highest BCUT2D eigenvalue weighted by molar-refractivity contribution is 7.09. The molecule has 0 aliphatic carbocycles. The van der Waals surface area contributed by atoms with Crippen LogP contribution in [0.3, 0.4) is 0 Å². The van der Waals surface area contributed by atoms with Crippen molar-refractivity contribution in [2.75, 3.05) is 25.6 Å². The molecule has 1 aromatic heterocycles. The Morgan fingerprint density at radius 2 is 2.31 bits per heavy atom. The molecule has 0 atom stereocenters. The Labute approximate surface area is 105 Å². The van der Waals surface area contributed by atoms with Gasteiger partial charge in [0.15, 0.2) is 0 Å². The Morgan fingerprint density at radius 1 is 1.50 bits per heavy atom. The zero-order valence-electron chi connectivity index (χ0n) is 9.27. The van der Waals surface area contributed by atoms with Gasteiger partial charge in [-0.25, -0.2) is 4.98 Å². The fourth-order valence-electron chi connectivity index (χ4n) is 1.97. The Balaban J connectivity index is 1.69. The van der Waals surface area contributed by atoms with Crippen LogP contribution in [0, 0.1) is 0 Å². The first-order valence-corrected chi connectivity index (χ1v) is 7.08. The van der Waals surface area contributed by atoms with Gasteiger partial charge in [-0.15, -0.1) is 22.9 Å². The molecule has 5 heteroatoms. The summed E-state index contributed by atoms with van der Waals surface area (Å²) in [4.78, 5) is 6.75. The number of halogens is 1. The van der Waals surface area contributed by atoms with Crippen LogP contribution in [-0.2, 0) is 11.3 Å². The molecule has 1 fully saturated rings. The van der Waals surface area contributed by atoms with Crippen molar-refractivity contribution in [1.29, 1.82) is 0 Å². The summed E-state index contributed by atoms with van der Waals surface area (Å²) in [6.07, 6.45) is 4.51. The number of aromatic nitrogens is 1. The predicted molar refractivity (Wildman–Crippen MR) is 67.1 cm³/mol. The molecule has 0 saturated carbocycles. The fourth-order valence-corrected chi connectivity index (χ4v) is 2.71. The molecule has 0 aromatic carbocycles. The molecule has 0 unspecified atom stereocenters. The average molecular weight is 261 g/mol. The monoisotopic (exact) mass is 260 g/mol. The molecule has 16 heavy (non-hydrogen) atoms. The van der Waals surface area contributed by atoms with Crippen LogP contribution in [0.15, 0.2) is 11.6 Å². The summed E-state index contributed by atoms with van der Waals surface area (Å²) in [5.41, 5.74) is 0. The van der Waals surface area contributed by atoms with Crippen molar-refractivity contribution in [3.05, 3.63) is 16.6 Å². The zero-order chi connectivity index (χ0) is 11.2. The molecule has 1 saturated heterocycles. The normalized spacial score (nSPS) is 19.1. The van der Waals surface area contributed by atoms with Crippen molar-refractivity contribution in [3.63, 3.8) is 0 Å². The van der Waals surface area contributed by atoms with E-state index < -0.39 is 0 Å². The first-order chi connectivity index (χ1) is 7.88. The highest BCUT2D eigenvalue weighted by Gasteiger charge is 2.19. The van der Waals surface area contributed by atoms with E-state index in [9.17, 15) is 0 Å². The lowest BCUT2D eigenvalue weighted by Crippen LogP contribution is -2.36. The maximum absolute atomic E-state index is 5.64. The number of piperidine rings is 1. The number of thiazole rings is 1. The van der Waals surface area contributed by atoms with Crippen LogP contribution < -0.4 is 0 Å². The smallest absolute Gasteiger partial charge is 0.107 e. The van der Waals surface area contributed by atoms with Gasteiger partial charge in [0.1, 0.15) is 5.01 Å². The largest absolute Gasteiger partial charge is 0.377 e. The molecule has 1 aliphatic rings. The van der Waals surface area contributed by atoms with Crippen LogP contribution in [0.4, 0.5) is 0 Å². The van der Waals surface area contributed by atoms with Gasteiger partial charge in [-0.1, -0.05) is 0 Å². The molecule has 0 bridgehead atoms. The van der Waals surface area contributed by atoms with Gasteiger partial charge in [-0.2, -0.15) is 0 Å². The molecular formula is C11H17ClN2OS. The average Bonchev–Trinajstić information content (AvgIpc) is 2.81. The van der Waals surface area contributed by atoms with Crippen molar-refractivity contribution >= 4 is 22.9 Å². The summed E-state index contributed by atoms with van der Waals surface area (Å²) in [6.45, 7) is 3.87. The second kappa shape index (κ2) is 6.55. The van der Waals surface area contributed by atoms with Gasteiger partial charge >= 0.3 is 0 Å². The summed E-state index contributed by atoms with van der Waals surface area (Å²) < 4.78 is 5.64. The molecule has 0 N–H and O–H groups in total. The van der Waals surface area contributed by atoms with Crippen LogP contribution in [-0.4, -0.2) is 41.6 Å². The van der Waals surface area contributed by atoms with Gasteiger partial charge in [0, 0.05) is 30.5 Å². The lowest BCUT2D eigenvalue weighted by molar-refractivity contribution is 0.0134. The quantitative estimate of drug-likeness (QED) is 0.760. The Kier molecular flexibility index (Phi) is 5.03. The fraction of sp³-hybridized carbons (Fsp3) is 0.727. The number of rotatable bonds is 5. The van der Waals surface area contributed by atoms with Gasteiger partial charge < -0.3 is 4.74 Å². The summed E-state index contributed by atoms with van der Waals surface area (Å²) in [5, 5.41) is 3.24. The lowest BCUT2D eigenvalue weighted by atomic mass is 10.1. The SMILES string of the molecule is ClCCOC1CCN(Cc2nccs2)CC1. The highest BCUT2D eigenvalue weighted by atomic mass is 35.5. The molecule has 3 nitrogen and oxygen atoms in total. The molecule has 1 aliphatic heterocycles. The van der Waals surface area contributed by atoms with Gasteiger partial charge in [-0.3, -0.25) is 4.90 Å². The van der Waals surface area contributed by atoms with E-state index >= 15 is 0 Å². The molecule has 90 valence electrons. The number of alkyl halides is 1. The number of nitrogens with zero attached hydrogens (tertiary/aromatic N) is 2. The van der Waals surface area contributed by atoms with E-state index in [-0.39, 0.29) is 0 Å². The summed E-state index contributed by atoms with van der Waals surface area (Å²) >= 11 is 7.33. The van der Waals surface area contributed by atoms with Gasteiger partial charge in [0.25, 0.3) is 0 Å². The second-order valence-electron chi connectivity index (χ2n) is 3.96. The maximum atomic E-state index is 5.64. The summed E-state index contributed by atoms with van der Waals surface area (Å²) in [5.74, 6) is 0.597.